The van der Waals surface area contributed by atoms with Crippen molar-refractivity contribution >= 4 is 22.9 Å². The molecule has 2 nitrogen and oxygen atoms in total. The van der Waals surface area contributed by atoms with Gasteiger partial charge in [-0.15, -0.1) is 11.3 Å². The van der Waals surface area contributed by atoms with E-state index in [0.717, 1.165) is 14.8 Å². The third-order valence-electron chi connectivity index (χ3n) is 1.36. The number of rotatable bonds is 1. The van der Waals surface area contributed by atoms with Crippen LogP contribution in [-0.4, -0.2) is 10.2 Å². The zero-order valence-electron chi connectivity index (χ0n) is 5.54. The standard InChI is InChI=1S/C7H5ClN2S/c8-7-2-1-6(11-7)5-3-9-10-4-5/h1-4H,(H,9,10). The molecular formula is C7H5ClN2S. The summed E-state index contributed by atoms with van der Waals surface area (Å²) in [6.07, 6.45) is 3.63. The van der Waals surface area contributed by atoms with Crippen LogP contribution in [0.25, 0.3) is 10.4 Å². The number of aromatic amines is 1. The lowest BCUT2D eigenvalue weighted by Gasteiger charge is -1.84. The Hall–Kier alpha value is -0.800. The Morgan fingerprint density at radius 1 is 1.45 bits per heavy atom. The van der Waals surface area contributed by atoms with E-state index in [1.807, 2.05) is 18.3 Å². The highest BCUT2D eigenvalue weighted by molar-refractivity contribution is 7.19. The van der Waals surface area contributed by atoms with Gasteiger partial charge in [0, 0.05) is 16.6 Å². The average molecular weight is 185 g/mol. The Morgan fingerprint density at radius 3 is 2.91 bits per heavy atom. The summed E-state index contributed by atoms with van der Waals surface area (Å²) in [5.41, 5.74) is 1.09. The highest BCUT2D eigenvalue weighted by Crippen LogP contribution is 2.29. The van der Waals surface area contributed by atoms with E-state index < -0.39 is 0 Å². The molecule has 0 amide bonds. The van der Waals surface area contributed by atoms with Gasteiger partial charge in [-0.3, -0.25) is 5.10 Å². The van der Waals surface area contributed by atoms with Gasteiger partial charge in [-0.05, 0) is 12.1 Å². The topological polar surface area (TPSA) is 28.7 Å². The van der Waals surface area contributed by atoms with Crippen LogP contribution in [0.3, 0.4) is 0 Å². The minimum absolute atomic E-state index is 0.807. The van der Waals surface area contributed by atoms with Crippen molar-refractivity contribution in [1.82, 2.24) is 10.2 Å². The molecule has 0 spiro atoms. The first-order valence-electron chi connectivity index (χ1n) is 3.11. The Labute approximate surface area is 72.8 Å². The number of H-pyrrole nitrogens is 1. The first-order valence-corrected chi connectivity index (χ1v) is 4.30. The Bertz CT molecular complexity index is 339. The molecule has 0 saturated carbocycles. The molecule has 2 aromatic rings. The molecule has 0 aliphatic heterocycles. The zero-order valence-corrected chi connectivity index (χ0v) is 7.12. The van der Waals surface area contributed by atoms with E-state index in [0.29, 0.717) is 0 Å². The summed E-state index contributed by atoms with van der Waals surface area (Å²) in [6, 6.07) is 3.87. The molecule has 11 heavy (non-hydrogen) atoms. The molecule has 0 aromatic carbocycles. The van der Waals surface area contributed by atoms with Crippen LogP contribution >= 0.6 is 22.9 Å². The molecule has 2 rings (SSSR count). The number of hydrogen-bond acceptors (Lipinski definition) is 2. The summed E-state index contributed by atoms with van der Waals surface area (Å²) in [4.78, 5) is 1.14. The van der Waals surface area contributed by atoms with Gasteiger partial charge >= 0.3 is 0 Å². The summed E-state index contributed by atoms with van der Waals surface area (Å²) in [5.74, 6) is 0. The Morgan fingerprint density at radius 2 is 2.36 bits per heavy atom. The van der Waals surface area contributed by atoms with Gasteiger partial charge in [0.25, 0.3) is 0 Å². The first-order chi connectivity index (χ1) is 5.36. The third kappa shape index (κ3) is 1.29. The fourth-order valence-electron chi connectivity index (χ4n) is 0.855. The molecule has 2 aromatic heterocycles. The van der Waals surface area contributed by atoms with Crippen LogP contribution in [0.4, 0.5) is 0 Å². The number of halogens is 1. The van der Waals surface area contributed by atoms with Crippen molar-refractivity contribution in [3.8, 4) is 10.4 Å². The van der Waals surface area contributed by atoms with Crippen LogP contribution < -0.4 is 0 Å². The van der Waals surface area contributed by atoms with Gasteiger partial charge in [-0.25, -0.2) is 0 Å². The smallest absolute Gasteiger partial charge is 0.0934 e. The minimum Gasteiger partial charge on any atom is -0.285 e. The summed E-state index contributed by atoms with van der Waals surface area (Å²) in [7, 11) is 0. The highest BCUT2D eigenvalue weighted by atomic mass is 35.5. The molecule has 0 aliphatic carbocycles. The molecule has 0 unspecified atom stereocenters. The van der Waals surface area contributed by atoms with Gasteiger partial charge in [0.2, 0.25) is 0 Å². The summed E-state index contributed by atoms with van der Waals surface area (Å²) in [5, 5.41) is 6.60. The molecule has 0 bridgehead atoms. The van der Waals surface area contributed by atoms with Crippen LogP contribution in [0.1, 0.15) is 0 Å². The maximum absolute atomic E-state index is 5.77. The Balaban J connectivity index is 2.45. The molecule has 56 valence electrons. The second-order valence-corrected chi connectivity index (χ2v) is 3.81. The number of nitrogens with zero attached hydrogens (tertiary/aromatic N) is 1. The van der Waals surface area contributed by atoms with Gasteiger partial charge in [0.1, 0.15) is 0 Å². The summed E-state index contributed by atoms with van der Waals surface area (Å²) < 4.78 is 0.807. The fourth-order valence-corrected chi connectivity index (χ4v) is 1.88. The lowest BCUT2D eigenvalue weighted by Crippen LogP contribution is -1.59. The number of thiophene rings is 1. The second-order valence-electron chi connectivity index (χ2n) is 2.09. The van der Waals surface area contributed by atoms with Gasteiger partial charge < -0.3 is 0 Å². The molecule has 0 aliphatic rings. The van der Waals surface area contributed by atoms with Gasteiger partial charge in [0.05, 0.1) is 10.5 Å². The van der Waals surface area contributed by atoms with Crippen molar-refractivity contribution in [3.63, 3.8) is 0 Å². The van der Waals surface area contributed by atoms with Crippen LogP contribution in [0.2, 0.25) is 4.34 Å². The van der Waals surface area contributed by atoms with Gasteiger partial charge in [-0.1, -0.05) is 11.6 Å². The van der Waals surface area contributed by atoms with E-state index in [9.17, 15) is 0 Å². The van der Waals surface area contributed by atoms with E-state index >= 15 is 0 Å². The molecule has 0 radical (unpaired) electrons. The van der Waals surface area contributed by atoms with Crippen LogP contribution in [0.5, 0.6) is 0 Å². The fraction of sp³-hybridized carbons (Fsp3) is 0. The summed E-state index contributed by atoms with van der Waals surface area (Å²) >= 11 is 7.32. The summed E-state index contributed by atoms with van der Waals surface area (Å²) in [6.45, 7) is 0. The zero-order chi connectivity index (χ0) is 7.68. The van der Waals surface area contributed by atoms with E-state index in [1.165, 1.54) is 0 Å². The lowest BCUT2D eigenvalue weighted by molar-refractivity contribution is 1.09. The number of nitrogens with one attached hydrogen (secondary N) is 1. The Kier molecular flexibility index (Phi) is 1.68. The van der Waals surface area contributed by atoms with Crippen molar-refractivity contribution in [1.29, 1.82) is 0 Å². The van der Waals surface area contributed by atoms with E-state index in [2.05, 4.69) is 10.2 Å². The average Bonchev–Trinajstić information content (AvgIpc) is 2.55. The third-order valence-corrected chi connectivity index (χ3v) is 2.64. The largest absolute Gasteiger partial charge is 0.285 e. The maximum Gasteiger partial charge on any atom is 0.0934 e. The normalized spacial score (nSPS) is 10.3. The molecule has 0 atom stereocenters. The van der Waals surface area contributed by atoms with Crippen molar-refractivity contribution in [2.75, 3.05) is 0 Å². The lowest BCUT2D eigenvalue weighted by atomic mass is 10.3. The predicted molar refractivity (Wildman–Crippen MR) is 46.9 cm³/mol. The van der Waals surface area contributed by atoms with Gasteiger partial charge in [0.15, 0.2) is 0 Å². The van der Waals surface area contributed by atoms with Crippen molar-refractivity contribution in [3.05, 3.63) is 28.9 Å². The van der Waals surface area contributed by atoms with Crippen molar-refractivity contribution in [2.45, 2.75) is 0 Å². The minimum atomic E-state index is 0.807. The quantitative estimate of drug-likeness (QED) is 0.726. The van der Waals surface area contributed by atoms with Crippen LogP contribution in [0.15, 0.2) is 24.5 Å². The second kappa shape index (κ2) is 2.68. The van der Waals surface area contributed by atoms with E-state index in [-0.39, 0.29) is 0 Å². The molecule has 1 N–H and O–H groups in total. The predicted octanol–water partition coefficient (Wildman–Crippen LogP) is 2.79. The van der Waals surface area contributed by atoms with E-state index in [1.54, 1.807) is 17.5 Å². The SMILES string of the molecule is Clc1ccc(-c2cn[nH]c2)s1. The van der Waals surface area contributed by atoms with E-state index in [4.69, 9.17) is 11.6 Å². The molecule has 0 saturated heterocycles. The molecule has 2 heterocycles. The number of aromatic nitrogens is 2. The van der Waals surface area contributed by atoms with Crippen LogP contribution in [-0.2, 0) is 0 Å². The van der Waals surface area contributed by atoms with Crippen molar-refractivity contribution < 1.29 is 0 Å². The van der Waals surface area contributed by atoms with Crippen LogP contribution in [0, 0.1) is 0 Å². The molecular weight excluding hydrogens is 180 g/mol. The first kappa shape index (κ1) is 6.88. The number of hydrogen-bond donors (Lipinski definition) is 1. The highest BCUT2D eigenvalue weighted by Gasteiger charge is 2.00. The van der Waals surface area contributed by atoms with Crippen molar-refractivity contribution in [2.24, 2.45) is 0 Å². The molecule has 4 heteroatoms. The van der Waals surface area contributed by atoms with Gasteiger partial charge in [-0.2, -0.15) is 5.10 Å². The molecule has 0 fully saturated rings. The maximum atomic E-state index is 5.77. The monoisotopic (exact) mass is 184 g/mol.